The van der Waals surface area contributed by atoms with E-state index in [1.165, 1.54) is 51.4 Å². The van der Waals surface area contributed by atoms with Gasteiger partial charge in [0.15, 0.2) is 0 Å². The normalized spacial score (nSPS) is 26.8. The van der Waals surface area contributed by atoms with Gasteiger partial charge in [0.05, 0.1) is 0 Å². The minimum absolute atomic E-state index is 0.439. The van der Waals surface area contributed by atoms with Crippen LogP contribution in [-0.4, -0.2) is 9.49 Å². The summed E-state index contributed by atoms with van der Waals surface area (Å²) in [5, 5.41) is 0. The van der Waals surface area contributed by atoms with E-state index < -0.39 is 0 Å². The van der Waals surface area contributed by atoms with Gasteiger partial charge >= 0.3 is 0 Å². The quantitative estimate of drug-likeness (QED) is 0.562. The van der Waals surface area contributed by atoms with Crippen LogP contribution in [0.5, 0.6) is 0 Å². The summed E-state index contributed by atoms with van der Waals surface area (Å²) >= 11 is 2.42. The van der Waals surface area contributed by atoms with Crippen molar-refractivity contribution in [1.82, 2.24) is 0 Å². The first kappa shape index (κ1) is 15.7. The maximum absolute atomic E-state index is 2.48. The molecule has 0 aliphatic heterocycles. The van der Waals surface area contributed by atoms with E-state index in [9.17, 15) is 0 Å². The van der Waals surface area contributed by atoms with Gasteiger partial charge in [-0.2, -0.15) is 0 Å². The Labute approximate surface area is 125 Å². The minimum Gasteiger partial charge on any atom is -0.147 e. The largest absolute Gasteiger partial charge is 0.147 e. The molecule has 0 heterocycles. The molecule has 2 fully saturated rings. The fourth-order valence-electron chi connectivity index (χ4n) is 4.28. The Kier molecular flexibility index (Phi) is 4.11. The first-order chi connectivity index (χ1) is 8.62. The van der Waals surface area contributed by atoms with Gasteiger partial charge in [0.2, 0.25) is 0 Å². The molecule has 1 heteroatoms. The summed E-state index contributed by atoms with van der Waals surface area (Å²) in [6.07, 6.45) is 11.6. The van der Waals surface area contributed by atoms with Crippen molar-refractivity contribution < 1.29 is 0 Å². The molecule has 0 amide bonds. The summed E-state index contributed by atoms with van der Waals surface area (Å²) < 4.78 is 1.06. The average molecular weight is 283 g/mol. The predicted molar refractivity (Wildman–Crippen MR) is 88.9 cm³/mol. The second-order valence-corrected chi connectivity index (χ2v) is 10.8. The standard InChI is InChI=1S/C18H34S/c1-15(2,3)17(11-7-8-12-17)19-18(16(4,5)6)13-9-10-14-18/h7-14H2,1-6H3. The van der Waals surface area contributed by atoms with E-state index in [-0.39, 0.29) is 0 Å². The second kappa shape index (κ2) is 4.97. The van der Waals surface area contributed by atoms with Crippen molar-refractivity contribution in [2.24, 2.45) is 10.8 Å². The highest BCUT2D eigenvalue weighted by Crippen LogP contribution is 2.64. The first-order valence-corrected chi connectivity index (χ1v) is 9.14. The summed E-state index contributed by atoms with van der Waals surface area (Å²) in [6.45, 7) is 14.9. The number of thioether (sulfide) groups is 1. The molecule has 2 aliphatic carbocycles. The van der Waals surface area contributed by atoms with E-state index in [0.717, 1.165) is 0 Å². The first-order valence-electron chi connectivity index (χ1n) is 8.32. The lowest BCUT2D eigenvalue weighted by molar-refractivity contribution is 0.253. The van der Waals surface area contributed by atoms with Crippen LogP contribution in [0.1, 0.15) is 92.9 Å². The Morgan fingerprint density at radius 3 is 1.05 bits per heavy atom. The van der Waals surface area contributed by atoms with Crippen molar-refractivity contribution in [1.29, 1.82) is 0 Å². The van der Waals surface area contributed by atoms with Crippen molar-refractivity contribution in [3.63, 3.8) is 0 Å². The second-order valence-electron chi connectivity index (χ2n) is 9.00. The predicted octanol–water partition coefficient (Wildman–Crippen LogP) is 6.44. The van der Waals surface area contributed by atoms with Gasteiger partial charge in [-0.1, -0.05) is 67.2 Å². The third-order valence-electron chi connectivity index (χ3n) is 5.95. The molecule has 0 unspecified atom stereocenters. The highest BCUT2D eigenvalue weighted by atomic mass is 32.2. The van der Waals surface area contributed by atoms with Gasteiger partial charge in [0.25, 0.3) is 0 Å². The zero-order valence-electron chi connectivity index (χ0n) is 14.1. The summed E-state index contributed by atoms with van der Waals surface area (Å²) in [4.78, 5) is 0. The van der Waals surface area contributed by atoms with E-state index >= 15 is 0 Å². The highest BCUT2D eigenvalue weighted by Gasteiger charge is 2.54. The Balaban J connectivity index is 2.30. The lowest BCUT2D eigenvalue weighted by Crippen LogP contribution is -2.46. The zero-order valence-corrected chi connectivity index (χ0v) is 14.9. The van der Waals surface area contributed by atoms with Gasteiger partial charge in [0.1, 0.15) is 0 Å². The van der Waals surface area contributed by atoms with Crippen LogP contribution in [0, 0.1) is 10.8 Å². The fraction of sp³-hybridized carbons (Fsp3) is 1.00. The molecule has 0 aromatic rings. The lowest BCUT2D eigenvalue weighted by Gasteiger charge is -2.52. The Hall–Kier alpha value is 0.350. The topological polar surface area (TPSA) is 0 Å². The van der Waals surface area contributed by atoms with Crippen LogP contribution in [0.4, 0.5) is 0 Å². The monoisotopic (exact) mass is 282 g/mol. The summed E-state index contributed by atoms with van der Waals surface area (Å²) in [6, 6.07) is 0. The molecule has 0 radical (unpaired) electrons. The van der Waals surface area contributed by atoms with Crippen LogP contribution in [0.25, 0.3) is 0 Å². The lowest BCUT2D eigenvalue weighted by atomic mass is 9.77. The van der Waals surface area contributed by atoms with Crippen molar-refractivity contribution in [2.45, 2.75) is 102 Å². The summed E-state index contributed by atoms with van der Waals surface area (Å²) in [5.74, 6) is 0. The minimum atomic E-state index is 0.439. The molecular formula is C18H34S. The van der Waals surface area contributed by atoms with Gasteiger partial charge in [-0.3, -0.25) is 0 Å². The number of rotatable bonds is 2. The van der Waals surface area contributed by atoms with Crippen LogP contribution in [0.15, 0.2) is 0 Å². The molecule has 2 saturated carbocycles. The van der Waals surface area contributed by atoms with Crippen molar-refractivity contribution in [3.8, 4) is 0 Å². The fourth-order valence-corrected chi connectivity index (χ4v) is 6.62. The van der Waals surface area contributed by atoms with Gasteiger partial charge in [0, 0.05) is 9.49 Å². The Morgan fingerprint density at radius 1 is 0.579 bits per heavy atom. The van der Waals surface area contributed by atoms with Crippen LogP contribution < -0.4 is 0 Å². The van der Waals surface area contributed by atoms with Gasteiger partial charge < -0.3 is 0 Å². The van der Waals surface area contributed by atoms with Crippen LogP contribution >= 0.6 is 11.8 Å². The molecule has 2 aliphatic rings. The SMILES string of the molecule is CC(C)(C)C1(SC2(C(C)(C)C)CCCC2)CCCC1. The molecule has 2 rings (SSSR count). The molecule has 0 aromatic heterocycles. The maximum atomic E-state index is 2.48. The average Bonchev–Trinajstić information content (AvgIpc) is 2.86. The van der Waals surface area contributed by atoms with E-state index in [1.807, 2.05) is 0 Å². The maximum Gasteiger partial charge on any atom is 0.0214 e. The molecule has 0 aromatic carbocycles. The molecule has 112 valence electrons. The van der Waals surface area contributed by atoms with Crippen LogP contribution in [-0.2, 0) is 0 Å². The molecular weight excluding hydrogens is 248 g/mol. The molecule has 19 heavy (non-hydrogen) atoms. The molecule has 0 nitrogen and oxygen atoms in total. The van der Waals surface area contributed by atoms with Crippen LogP contribution in [0.3, 0.4) is 0 Å². The van der Waals surface area contributed by atoms with Crippen LogP contribution in [0.2, 0.25) is 0 Å². The Bertz CT molecular complexity index is 272. The van der Waals surface area contributed by atoms with Crippen molar-refractivity contribution in [3.05, 3.63) is 0 Å². The summed E-state index contributed by atoms with van der Waals surface area (Å²) in [7, 11) is 0. The van der Waals surface area contributed by atoms with Gasteiger partial charge in [-0.15, -0.1) is 11.8 Å². The van der Waals surface area contributed by atoms with Gasteiger partial charge in [-0.25, -0.2) is 0 Å². The third kappa shape index (κ3) is 2.74. The van der Waals surface area contributed by atoms with E-state index in [1.54, 1.807) is 0 Å². The third-order valence-corrected chi connectivity index (χ3v) is 8.77. The molecule has 0 atom stereocenters. The van der Waals surface area contributed by atoms with E-state index in [0.29, 0.717) is 20.3 Å². The highest BCUT2D eigenvalue weighted by molar-refractivity contribution is 8.02. The number of hydrogen-bond donors (Lipinski definition) is 0. The van der Waals surface area contributed by atoms with E-state index in [4.69, 9.17) is 0 Å². The smallest absolute Gasteiger partial charge is 0.0214 e. The molecule has 0 N–H and O–H groups in total. The number of hydrogen-bond acceptors (Lipinski definition) is 1. The van der Waals surface area contributed by atoms with E-state index in [2.05, 4.69) is 53.3 Å². The van der Waals surface area contributed by atoms with Gasteiger partial charge in [-0.05, 0) is 36.5 Å². The molecule has 0 saturated heterocycles. The van der Waals surface area contributed by atoms with Crippen molar-refractivity contribution in [2.75, 3.05) is 0 Å². The Morgan fingerprint density at radius 2 is 0.842 bits per heavy atom. The molecule has 0 bridgehead atoms. The summed E-state index contributed by atoms with van der Waals surface area (Å²) in [5.41, 5.74) is 0.879. The zero-order chi connectivity index (χ0) is 14.4. The molecule has 0 spiro atoms. The van der Waals surface area contributed by atoms with Crippen molar-refractivity contribution >= 4 is 11.8 Å².